The first-order chi connectivity index (χ1) is 11.6. The van der Waals surface area contributed by atoms with Crippen LogP contribution in [-0.2, 0) is 6.54 Å². The van der Waals surface area contributed by atoms with Crippen molar-refractivity contribution in [3.63, 3.8) is 0 Å². The molecule has 2 heterocycles. The molecule has 1 aliphatic heterocycles. The van der Waals surface area contributed by atoms with Crippen LogP contribution in [-0.4, -0.2) is 40.3 Å². The normalized spacial score (nSPS) is 17.1. The monoisotopic (exact) mass is 332 g/mol. The number of amides is 2. The largest absolute Gasteiger partial charge is 0.491 e. The number of hydrogen-bond acceptors (Lipinski definition) is 3. The quantitative estimate of drug-likeness (QED) is 0.884. The lowest BCUT2D eigenvalue weighted by Crippen LogP contribution is -2.44. The topological polar surface area (TPSA) is 70.2 Å². The molecule has 1 atom stereocenters. The number of urea groups is 1. The Labute approximate surface area is 140 Å². The van der Waals surface area contributed by atoms with Crippen molar-refractivity contribution in [3.8, 4) is 5.75 Å². The minimum Gasteiger partial charge on any atom is -0.491 e. The second-order valence-electron chi connectivity index (χ2n) is 5.93. The van der Waals surface area contributed by atoms with E-state index in [0.717, 1.165) is 24.1 Å². The molecule has 0 spiro atoms. The predicted molar refractivity (Wildman–Crippen MR) is 87.2 cm³/mol. The van der Waals surface area contributed by atoms with Crippen molar-refractivity contribution in [1.29, 1.82) is 0 Å². The Morgan fingerprint density at radius 1 is 1.46 bits per heavy atom. The Kier molecular flexibility index (Phi) is 4.98. The van der Waals surface area contributed by atoms with Gasteiger partial charge >= 0.3 is 6.03 Å². The second kappa shape index (κ2) is 7.33. The number of benzene rings is 1. The molecule has 0 unspecified atom stereocenters. The highest BCUT2D eigenvalue weighted by Gasteiger charge is 2.29. The number of carbonyl (C=O) groups is 1. The molecule has 2 N–H and O–H groups in total. The van der Waals surface area contributed by atoms with E-state index in [0.29, 0.717) is 25.4 Å². The van der Waals surface area contributed by atoms with Crippen LogP contribution in [0.2, 0.25) is 0 Å². The zero-order chi connectivity index (χ0) is 16.9. The van der Waals surface area contributed by atoms with Gasteiger partial charge in [0.1, 0.15) is 18.2 Å². The Morgan fingerprint density at radius 3 is 2.96 bits per heavy atom. The van der Waals surface area contributed by atoms with E-state index in [-0.39, 0.29) is 17.9 Å². The van der Waals surface area contributed by atoms with Gasteiger partial charge in [0.25, 0.3) is 0 Å². The minimum absolute atomic E-state index is 0.0282. The summed E-state index contributed by atoms with van der Waals surface area (Å²) < 4.78 is 18.6. The van der Waals surface area contributed by atoms with Crippen molar-refractivity contribution in [1.82, 2.24) is 20.4 Å². The van der Waals surface area contributed by atoms with Gasteiger partial charge in [0, 0.05) is 24.3 Å². The minimum atomic E-state index is -0.293. The van der Waals surface area contributed by atoms with Crippen molar-refractivity contribution in [2.75, 3.05) is 13.2 Å². The summed E-state index contributed by atoms with van der Waals surface area (Å²) in [7, 11) is 0. The number of nitrogens with one attached hydrogen (secondary N) is 2. The van der Waals surface area contributed by atoms with Crippen molar-refractivity contribution in [3.05, 3.63) is 47.5 Å². The van der Waals surface area contributed by atoms with Crippen molar-refractivity contribution in [2.45, 2.75) is 32.4 Å². The zero-order valence-corrected chi connectivity index (χ0v) is 13.6. The van der Waals surface area contributed by atoms with Gasteiger partial charge in [-0.25, -0.2) is 9.18 Å². The Balaban J connectivity index is 1.51. The lowest BCUT2D eigenvalue weighted by Gasteiger charge is -2.25. The van der Waals surface area contributed by atoms with Gasteiger partial charge in [0.05, 0.1) is 12.2 Å². The van der Waals surface area contributed by atoms with Crippen LogP contribution in [0.3, 0.4) is 0 Å². The van der Waals surface area contributed by atoms with Crippen LogP contribution in [0.25, 0.3) is 0 Å². The molecule has 1 saturated heterocycles. The number of nitrogens with zero attached hydrogens (tertiary/aromatic N) is 2. The van der Waals surface area contributed by atoms with Crippen molar-refractivity contribution >= 4 is 6.03 Å². The molecule has 3 rings (SSSR count). The summed E-state index contributed by atoms with van der Waals surface area (Å²) in [5.74, 6) is 0.316. The highest BCUT2D eigenvalue weighted by atomic mass is 19.1. The van der Waals surface area contributed by atoms with Gasteiger partial charge in [-0.1, -0.05) is 0 Å². The predicted octanol–water partition coefficient (Wildman–Crippen LogP) is 2.61. The lowest BCUT2D eigenvalue weighted by molar-refractivity contribution is 0.165. The van der Waals surface area contributed by atoms with Crippen LogP contribution >= 0.6 is 0 Å². The molecule has 1 aliphatic rings. The number of aryl methyl sites for hydroxylation is 1. The van der Waals surface area contributed by atoms with E-state index in [1.807, 2.05) is 6.92 Å². The van der Waals surface area contributed by atoms with E-state index >= 15 is 0 Å². The van der Waals surface area contributed by atoms with Gasteiger partial charge in [0.15, 0.2) is 0 Å². The summed E-state index contributed by atoms with van der Waals surface area (Å²) in [4.78, 5) is 14.2. The number of carbonyl (C=O) groups excluding carboxylic acids is 1. The van der Waals surface area contributed by atoms with Crippen LogP contribution in [0.5, 0.6) is 5.75 Å². The third-order valence-corrected chi connectivity index (χ3v) is 4.26. The molecule has 7 heteroatoms. The number of rotatable bonds is 5. The molecular weight excluding hydrogens is 311 g/mol. The fourth-order valence-corrected chi connectivity index (χ4v) is 2.83. The zero-order valence-electron chi connectivity index (χ0n) is 13.6. The number of ether oxygens (including phenoxy) is 1. The van der Waals surface area contributed by atoms with Gasteiger partial charge < -0.3 is 15.0 Å². The summed E-state index contributed by atoms with van der Waals surface area (Å²) in [6.45, 7) is 3.49. The lowest BCUT2D eigenvalue weighted by atomic mass is 10.2. The van der Waals surface area contributed by atoms with Gasteiger partial charge in [-0.2, -0.15) is 5.10 Å². The first-order valence-corrected chi connectivity index (χ1v) is 8.05. The van der Waals surface area contributed by atoms with E-state index in [4.69, 9.17) is 4.74 Å². The van der Waals surface area contributed by atoms with Crippen LogP contribution < -0.4 is 10.1 Å². The average molecular weight is 332 g/mol. The molecule has 6 nitrogen and oxygen atoms in total. The number of likely N-dealkylation sites (tertiary alicyclic amines) is 1. The van der Waals surface area contributed by atoms with E-state index in [1.165, 1.54) is 12.1 Å². The van der Waals surface area contributed by atoms with Gasteiger partial charge in [0.2, 0.25) is 0 Å². The first-order valence-electron chi connectivity index (χ1n) is 8.05. The molecule has 0 aliphatic carbocycles. The smallest absolute Gasteiger partial charge is 0.318 e. The molecule has 0 saturated carbocycles. The third kappa shape index (κ3) is 3.84. The molecule has 2 amide bonds. The van der Waals surface area contributed by atoms with E-state index < -0.39 is 0 Å². The summed E-state index contributed by atoms with van der Waals surface area (Å²) in [5, 5.41) is 9.72. The molecular formula is C17H21FN4O2. The van der Waals surface area contributed by atoms with E-state index in [1.54, 1.807) is 23.2 Å². The van der Waals surface area contributed by atoms with E-state index in [9.17, 15) is 9.18 Å². The molecule has 0 bridgehead atoms. The SMILES string of the molecule is Cc1[nH]ncc1CNC(=O)N1CCC[C@H]1COc1ccc(F)cc1. The fraction of sp³-hybridized carbons (Fsp3) is 0.412. The number of H-pyrrole nitrogens is 1. The Bertz CT molecular complexity index is 686. The first kappa shape index (κ1) is 16.3. The fourth-order valence-electron chi connectivity index (χ4n) is 2.83. The maximum Gasteiger partial charge on any atom is 0.318 e. The molecule has 24 heavy (non-hydrogen) atoms. The number of halogens is 1. The maximum absolute atomic E-state index is 12.9. The van der Waals surface area contributed by atoms with Crippen LogP contribution in [0.1, 0.15) is 24.1 Å². The van der Waals surface area contributed by atoms with E-state index in [2.05, 4.69) is 15.5 Å². The van der Waals surface area contributed by atoms with Crippen molar-refractivity contribution < 1.29 is 13.9 Å². The summed E-state index contributed by atoms with van der Waals surface area (Å²) in [6.07, 6.45) is 3.57. The molecule has 0 radical (unpaired) electrons. The highest BCUT2D eigenvalue weighted by molar-refractivity contribution is 5.74. The Hall–Kier alpha value is -2.57. The maximum atomic E-state index is 12.9. The summed E-state index contributed by atoms with van der Waals surface area (Å²) in [6, 6.07) is 5.84. The van der Waals surface area contributed by atoms with Crippen LogP contribution in [0.15, 0.2) is 30.5 Å². The third-order valence-electron chi connectivity index (χ3n) is 4.26. The summed E-state index contributed by atoms with van der Waals surface area (Å²) >= 11 is 0. The molecule has 1 aromatic heterocycles. The second-order valence-corrected chi connectivity index (χ2v) is 5.93. The number of aromatic nitrogens is 2. The van der Waals surface area contributed by atoms with Gasteiger partial charge in [-0.05, 0) is 44.0 Å². The van der Waals surface area contributed by atoms with Crippen LogP contribution in [0, 0.1) is 12.7 Å². The molecule has 128 valence electrons. The number of hydrogen-bond donors (Lipinski definition) is 2. The molecule has 2 aromatic rings. The molecule has 1 fully saturated rings. The van der Waals surface area contributed by atoms with Gasteiger partial charge in [-0.3, -0.25) is 5.10 Å². The average Bonchev–Trinajstić information content (AvgIpc) is 3.21. The summed E-state index contributed by atoms with van der Waals surface area (Å²) in [5.41, 5.74) is 1.93. The number of aromatic amines is 1. The highest BCUT2D eigenvalue weighted by Crippen LogP contribution is 2.19. The standard InChI is InChI=1S/C17H21FN4O2/c1-12-13(10-20-21-12)9-19-17(23)22-8-2-3-15(22)11-24-16-6-4-14(18)5-7-16/h4-7,10,15H,2-3,8-9,11H2,1H3,(H,19,23)(H,20,21)/t15-/m0/s1. The molecule has 1 aromatic carbocycles. The van der Waals surface area contributed by atoms with Crippen LogP contribution in [0.4, 0.5) is 9.18 Å². The Morgan fingerprint density at radius 2 is 2.25 bits per heavy atom. The van der Waals surface area contributed by atoms with Crippen molar-refractivity contribution in [2.24, 2.45) is 0 Å². The van der Waals surface area contributed by atoms with Gasteiger partial charge in [-0.15, -0.1) is 0 Å².